The van der Waals surface area contributed by atoms with Crippen molar-refractivity contribution in [2.24, 2.45) is 29.1 Å². The number of hydrogen-bond donors (Lipinski definition) is 1. The first-order chi connectivity index (χ1) is 37.8. The summed E-state index contributed by atoms with van der Waals surface area (Å²) in [4.78, 5) is 14.6. The van der Waals surface area contributed by atoms with Gasteiger partial charge in [-0.15, -0.1) is 0 Å². The van der Waals surface area contributed by atoms with Gasteiger partial charge in [0.05, 0.1) is 18.8 Å². The van der Waals surface area contributed by atoms with Gasteiger partial charge in [0.15, 0.2) is 13.9 Å². The Kier molecular flexibility index (Phi) is 21.6. The van der Waals surface area contributed by atoms with E-state index >= 15 is 0 Å². The van der Waals surface area contributed by atoms with Crippen LogP contribution < -0.4 is 20.7 Å². The van der Waals surface area contributed by atoms with E-state index in [0.717, 1.165) is 23.1 Å². The third kappa shape index (κ3) is 15.1. The van der Waals surface area contributed by atoms with Crippen molar-refractivity contribution >= 4 is 51.7 Å². The predicted octanol–water partition coefficient (Wildman–Crippen LogP) is 15.2. The molecule has 1 heterocycles. The molecule has 1 spiro atoms. The standard InChI is InChI=1S/C71H102O7Si3/c1-52(34-32-33-43-63(54(3)46-53(2)50-72)78-81(70(15,16)17,61-39-28-22-29-40-61)62-41-30-23-31-42-62)44-45-64(77-79(18,19)68(9,10)11)55(4)47-58-48-57(56(5)49-71(58)65(73)75-66(76-71)67(6,7)8)51-74-80(69(12,13)14,59-35-24-20-25-36-59)60-37-26-21-27-38-60/h20-44,47-48,53-54,56,58,63-64,66,72H,45-46,49-51H2,1-19H3/b34-32+,43-33+,52-44+,55-47+/t53-,54-,56+,58-,63+,64-,66-,71-/m0/s1. The summed E-state index contributed by atoms with van der Waals surface area (Å²) in [5.41, 5.74) is 1.69. The molecule has 1 aliphatic heterocycles. The molecule has 4 aromatic carbocycles. The molecule has 0 saturated carbocycles. The predicted molar refractivity (Wildman–Crippen MR) is 347 cm³/mol. The van der Waals surface area contributed by atoms with E-state index in [1.165, 1.54) is 20.7 Å². The van der Waals surface area contributed by atoms with E-state index in [-0.39, 0.29) is 57.7 Å². The largest absolute Gasteiger partial charge is 0.433 e. The molecule has 1 saturated heterocycles. The molecular formula is C71H102O7Si3. The van der Waals surface area contributed by atoms with E-state index < -0.39 is 48.2 Å². The highest BCUT2D eigenvalue weighted by atomic mass is 28.4. The monoisotopic (exact) mass is 1150 g/mol. The van der Waals surface area contributed by atoms with Gasteiger partial charge < -0.3 is 27.9 Å². The smallest absolute Gasteiger partial charge is 0.341 e. The number of cyclic esters (lactones) is 1. The van der Waals surface area contributed by atoms with Crippen LogP contribution in [0.4, 0.5) is 0 Å². The lowest BCUT2D eigenvalue weighted by atomic mass is 9.71. The van der Waals surface area contributed by atoms with Gasteiger partial charge in [0.25, 0.3) is 16.6 Å². The molecule has 10 heteroatoms. The quantitative estimate of drug-likeness (QED) is 0.0363. The average Bonchev–Trinajstić information content (AvgIpc) is 4.05. The molecule has 0 unspecified atom stereocenters. The van der Waals surface area contributed by atoms with Crippen molar-refractivity contribution in [2.45, 2.75) is 189 Å². The number of rotatable bonds is 22. The summed E-state index contributed by atoms with van der Waals surface area (Å²) in [5.74, 6) is -0.485. The summed E-state index contributed by atoms with van der Waals surface area (Å²) in [5, 5.41) is 14.7. The van der Waals surface area contributed by atoms with Crippen LogP contribution >= 0.6 is 0 Å². The zero-order valence-electron chi connectivity index (χ0n) is 53.1. The number of allylic oxidation sites excluding steroid dienone is 4. The van der Waals surface area contributed by atoms with Crippen LogP contribution in [0.2, 0.25) is 28.2 Å². The van der Waals surface area contributed by atoms with Gasteiger partial charge in [-0.25, -0.2) is 4.79 Å². The fraction of sp³-hybridized carbons (Fsp3) is 0.507. The number of aliphatic hydroxyl groups is 1. The number of carbonyl (C=O) groups excluding carboxylic acids is 1. The van der Waals surface area contributed by atoms with Crippen LogP contribution in [0.25, 0.3) is 0 Å². The van der Waals surface area contributed by atoms with E-state index in [4.69, 9.17) is 22.8 Å². The lowest BCUT2D eigenvalue weighted by Crippen LogP contribution is -2.68. The average molecular weight is 1150 g/mol. The Morgan fingerprint density at radius 1 is 0.704 bits per heavy atom. The third-order valence-electron chi connectivity index (χ3n) is 17.6. The fourth-order valence-corrected chi connectivity index (χ4v) is 22.4. The van der Waals surface area contributed by atoms with Crippen molar-refractivity contribution in [1.82, 2.24) is 0 Å². The second-order valence-electron chi connectivity index (χ2n) is 28.4. The highest BCUT2D eigenvalue weighted by molar-refractivity contribution is 7.00. The maximum atomic E-state index is 14.6. The van der Waals surface area contributed by atoms with Crippen LogP contribution in [0.15, 0.2) is 181 Å². The lowest BCUT2D eigenvalue weighted by molar-refractivity contribution is -0.158. The Morgan fingerprint density at radius 2 is 1.19 bits per heavy atom. The normalized spacial score (nSPS) is 21.8. The zero-order chi connectivity index (χ0) is 59.8. The summed E-state index contributed by atoms with van der Waals surface area (Å²) in [6.45, 7) is 43.1. The minimum atomic E-state index is -2.89. The Labute approximate surface area is 493 Å². The van der Waals surface area contributed by atoms with Crippen molar-refractivity contribution in [3.63, 3.8) is 0 Å². The molecule has 2 aliphatic rings. The fourth-order valence-electron chi connectivity index (χ4n) is 11.8. The summed E-state index contributed by atoms with van der Waals surface area (Å²) in [6.07, 6.45) is 16.3. The molecule has 1 aliphatic carbocycles. The molecule has 7 nitrogen and oxygen atoms in total. The topological polar surface area (TPSA) is 83.5 Å². The van der Waals surface area contributed by atoms with Gasteiger partial charge in [-0.3, -0.25) is 0 Å². The van der Waals surface area contributed by atoms with E-state index in [1.807, 2.05) is 0 Å². The molecule has 0 amide bonds. The Bertz CT molecular complexity index is 2730. The number of hydrogen-bond acceptors (Lipinski definition) is 7. The maximum Gasteiger partial charge on any atom is 0.341 e. The molecule has 8 atom stereocenters. The van der Waals surface area contributed by atoms with Gasteiger partial charge in [0.1, 0.15) is 0 Å². The molecule has 1 fully saturated rings. The van der Waals surface area contributed by atoms with Gasteiger partial charge in [-0.2, -0.15) is 0 Å². The van der Waals surface area contributed by atoms with Gasteiger partial charge in [0, 0.05) is 17.9 Å². The minimum Gasteiger partial charge on any atom is -0.433 e. The second-order valence-corrected chi connectivity index (χ2v) is 41.7. The van der Waals surface area contributed by atoms with Gasteiger partial charge >= 0.3 is 5.97 Å². The number of carbonyl (C=O) groups is 1. The molecule has 4 aromatic rings. The molecule has 0 aromatic heterocycles. The first-order valence-electron chi connectivity index (χ1n) is 29.9. The summed E-state index contributed by atoms with van der Waals surface area (Å²) in [6, 6.07) is 43.2. The van der Waals surface area contributed by atoms with Crippen LogP contribution in [0.3, 0.4) is 0 Å². The molecule has 440 valence electrons. The van der Waals surface area contributed by atoms with E-state index in [9.17, 15) is 9.90 Å². The Hall–Kier alpha value is -4.50. The number of aliphatic hydroxyl groups excluding tert-OH is 1. The first-order valence-corrected chi connectivity index (χ1v) is 36.7. The van der Waals surface area contributed by atoms with Crippen molar-refractivity contribution in [3.8, 4) is 0 Å². The van der Waals surface area contributed by atoms with Crippen molar-refractivity contribution < 1.29 is 32.7 Å². The van der Waals surface area contributed by atoms with Crippen molar-refractivity contribution in [3.05, 3.63) is 181 Å². The van der Waals surface area contributed by atoms with Crippen LogP contribution in [-0.4, -0.2) is 73.3 Å². The molecule has 6 rings (SSSR count). The highest BCUT2D eigenvalue weighted by Gasteiger charge is 2.60. The lowest BCUT2D eigenvalue weighted by Gasteiger charge is -2.46. The minimum absolute atomic E-state index is 0.0184. The van der Waals surface area contributed by atoms with Crippen LogP contribution in [0.1, 0.15) is 137 Å². The first kappa shape index (κ1) is 65.7. The van der Waals surface area contributed by atoms with E-state index in [1.54, 1.807) is 0 Å². The molecule has 0 bridgehead atoms. The molecule has 1 N–H and O–H groups in total. The van der Waals surface area contributed by atoms with Crippen molar-refractivity contribution in [2.75, 3.05) is 13.2 Å². The van der Waals surface area contributed by atoms with Gasteiger partial charge in [-0.1, -0.05) is 273 Å². The summed E-state index contributed by atoms with van der Waals surface area (Å²) in [7, 11) is -8.11. The second kappa shape index (κ2) is 26.6. The molecule has 0 radical (unpaired) electrons. The number of benzene rings is 4. The third-order valence-corrected chi connectivity index (χ3v) is 32.1. The summed E-state index contributed by atoms with van der Waals surface area (Å²) >= 11 is 0. The van der Waals surface area contributed by atoms with Crippen LogP contribution in [0, 0.1) is 29.1 Å². The number of ether oxygens (including phenoxy) is 2. The zero-order valence-corrected chi connectivity index (χ0v) is 56.1. The Balaban J connectivity index is 1.38. The maximum absolute atomic E-state index is 14.6. The Morgan fingerprint density at radius 3 is 1.62 bits per heavy atom. The highest BCUT2D eigenvalue weighted by Crippen LogP contribution is 2.49. The van der Waals surface area contributed by atoms with E-state index in [2.05, 4.69) is 295 Å². The van der Waals surface area contributed by atoms with Crippen LogP contribution in [0.5, 0.6) is 0 Å². The van der Waals surface area contributed by atoms with Crippen LogP contribution in [-0.2, 0) is 27.5 Å². The summed E-state index contributed by atoms with van der Waals surface area (Å²) < 4.78 is 36.0. The SMILES string of the molecule is CC(/C=C/C=C/[C@@H](O[Si](c1ccccc1)(c1ccccc1)C(C)(C)C)[C@@H](C)C[C@H](C)CO)=C\C[C@H](O[Si](C)(C)C(C)(C)C)/C(C)=C/[C@H]1C=C(CO[Si](c2ccccc2)(c2ccccc2)C(C)(C)C)[C@H](C)C[C@]12O[C@@H](C(C)(C)C)OC2=O. The molecular weight excluding hydrogens is 1050 g/mol. The van der Waals surface area contributed by atoms with Gasteiger partial charge in [-0.05, 0) is 111 Å². The van der Waals surface area contributed by atoms with Gasteiger partial charge in [0.2, 0.25) is 6.29 Å². The van der Waals surface area contributed by atoms with Crippen molar-refractivity contribution in [1.29, 1.82) is 0 Å². The number of esters is 1. The van der Waals surface area contributed by atoms with E-state index in [0.29, 0.717) is 19.4 Å². The molecule has 81 heavy (non-hydrogen) atoms.